The molecule has 0 heterocycles. The van der Waals surface area contributed by atoms with Crippen molar-refractivity contribution < 1.29 is 23.5 Å². The molecule has 1 aliphatic rings. The van der Waals surface area contributed by atoms with Crippen LogP contribution in [0.25, 0.3) is 0 Å². The summed E-state index contributed by atoms with van der Waals surface area (Å²) < 4.78 is 13.8. The Bertz CT molecular complexity index is 1300. The summed E-state index contributed by atoms with van der Waals surface area (Å²) in [5, 5.41) is 10.5. The lowest BCUT2D eigenvalue weighted by atomic mass is 9.61. The normalized spacial score (nSPS) is 22.7. The lowest BCUT2D eigenvalue weighted by molar-refractivity contribution is -0.129. The molecular weight excluding hydrogens is 592 g/mol. The Kier molecular flexibility index (Phi) is 11.2. The summed E-state index contributed by atoms with van der Waals surface area (Å²) in [7, 11) is -4.82. The number of carboxylic acid groups (broad SMARTS) is 1. The number of aromatic carboxylic acids is 1. The second-order valence-electron chi connectivity index (χ2n) is 16.0. The Hall–Kier alpha value is -1.84. The van der Waals surface area contributed by atoms with E-state index in [1.54, 1.807) is 6.92 Å². The van der Waals surface area contributed by atoms with Crippen molar-refractivity contribution in [1.29, 1.82) is 0 Å². The van der Waals surface area contributed by atoms with Crippen LogP contribution in [-0.4, -0.2) is 33.5 Å². The van der Waals surface area contributed by atoms with Gasteiger partial charge in [-0.3, -0.25) is 4.79 Å². The van der Waals surface area contributed by atoms with E-state index in [9.17, 15) is 14.7 Å². The number of benzene rings is 1. The number of hydrogen-bond acceptors (Lipinski definition) is 4. The molecule has 0 amide bonds. The number of ketones is 1. The van der Waals surface area contributed by atoms with E-state index in [2.05, 4.69) is 99.8 Å². The molecule has 1 aliphatic carbocycles. The smallest absolute Gasteiger partial charge is 0.339 e. The fourth-order valence-corrected chi connectivity index (χ4v) is 7.32. The van der Waals surface area contributed by atoms with Crippen LogP contribution < -0.4 is 8.85 Å². The van der Waals surface area contributed by atoms with Crippen molar-refractivity contribution in [2.24, 2.45) is 17.3 Å². The SMILES string of the molecule is CC(C=CC1(C)C(C)CCC(=O)C1C)=CCc1c(O[Si](C)(C)C(C)(C)C)c(Cl)c(C)c(C(=O)O)c1O[Si](C)(C)C(C)(C)C. The lowest BCUT2D eigenvalue weighted by Gasteiger charge is -2.42. The van der Waals surface area contributed by atoms with Crippen LogP contribution in [-0.2, 0) is 11.2 Å². The third-order valence-electron chi connectivity index (χ3n) is 10.9. The number of carbonyl (C=O) groups is 2. The van der Waals surface area contributed by atoms with Crippen LogP contribution in [0.4, 0.5) is 0 Å². The van der Waals surface area contributed by atoms with Crippen molar-refractivity contribution in [1.82, 2.24) is 0 Å². The minimum Gasteiger partial charge on any atom is -0.543 e. The Morgan fingerprint density at radius 1 is 1.02 bits per heavy atom. The van der Waals surface area contributed by atoms with Crippen LogP contribution in [0.15, 0.2) is 23.8 Å². The van der Waals surface area contributed by atoms with E-state index in [1.807, 2.05) is 13.8 Å². The molecule has 1 aromatic rings. The van der Waals surface area contributed by atoms with Crippen LogP contribution in [0.1, 0.15) is 104 Å². The van der Waals surface area contributed by atoms with Gasteiger partial charge in [-0.15, -0.1) is 0 Å². The van der Waals surface area contributed by atoms with Crippen molar-refractivity contribution >= 4 is 40.0 Å². The Morgan fingerprint density at radius 3 is 1.98 bits per heavy atom. The van der Waals surface area contributed by atoms with Crippen LogP contribution in [0, 0.1) is 24.2 Å². The van der Waals surface area contributed by atoms with E-state index in [0.29, 0.717) is 52.2 Å². The molecule has 8 heteroatoms. The second kappa shape index (κ2) is 12.9. The molecule has 0 saturated heterocycles. The predicted octanol–water partition coefficient (Wildman–Crippen LogP) is 10.8. The highest BCUT2D eigenvalue weighted by Crippen LogP contribution is 2.49. The Morgan fingerprint density at radius 2 is 1.51 bits per heavy atom. The number of allylic oxidation sites excluding steroid dienone is 4. The minimum atomic E-state index is -2.46. The van der Waals surface area contributed by atoms with Crippen molar-refractivity contribution in [3.05, 3.63) is 45.5 Å². The van der Waals surface area contributed by atoms with Crippen LogP contribution in [0.3, 0.4) is 0 Å². The predicted molar refractivity (Wildman–Crippen MR) is 186 cm³/mol. The lowest BCUT2D eigenvalue weighted by Crippen LogP contribution is -2.45. The molecule has 3 atom stereocenters. The number of hydrogen-bond donors (Lipinski definition) is 1. The highest BCUT2D eigenvalue weighted by molar-refractivity contribution is 6.75. The van der Waals surface area contributed by atoms with Gasteiger partial charge in [0.2, 0.25) is 0 Å². The number of carbonyl (C=O) groups excluding carboxylic acids is 1. The van der Waals surface area contributed by atoms with E-state index < -0.39 is 22.6 Å². The van der Waals surface area contributed by atoms with E-state index in [-0.39, 0.29) is 27.0 Å². The molecular formula is C35H57ClO5Si2. The Labute approximate surface area is 268 Å². The molecule has 1 N–H and O–H groups in total. The standard InChI is InChI=1S/C35H57ClO5Si2/c1-22(20-21-35(11)23(2)17-19-27(37)25(35)4)16-18-26-30(40-42(12,13)33(5,6)7)28(32(38)39)24(3)29(36)31(26)41-43(14,15)34(8,9)10/h16,20-21,23,25H,17-19H2,1-15H3,(H,38,39). The van der Waals surface area contributed by atoms with Gasteiger partial charge in [-0.1, -0.05) is 97.7 Å². The molecule has 0 aliphatic heterocycles. The molecule has 5 nitrogen and oxygen atoms in total. The van der Waals surface area contributed by atoms with Gasteiger partial charge in [0.25, 0.3) is 16.6 Å². The zero-order chi connectivity index (χ0) is 33.5. The molecule has 2 rings (SSSR count). The molecule has 0 radical (unpaired) electrons. The molecule has 242 valence electrons. The highest BCUT2D eigenvalue weighted by Gasteiger charge is 2.44. The third kappa shape index (κ3) is 7.88. The molecule has 0 aromatic heterocycles. The second-order valence-corrected chi connectivity index (χ2v) is 25.8. The van der Waals surface area contributed by atoms with Gasteiger partial charge >= 0.3 is 5.97 Å². The third-order valence-corrected chi connectivity index (χ3v) is 20.0. The van der Waals surface area contributed by atoms with E-state index in [1.165, 1.54) is 0 Å². The molecule has 0 bridgehead atoms. The zero-order valence-corrected chi connectivity index (χ0v) is 32.2. The minimum absolute atomic E-state index is 0.0384. The molecule has 43 heavy (non-hydrogen) atoms. The van der Waals surface area contributed by atoms with E-state index in [0.717, 1.165) is 12.0 Å². The van der Waals surface area contributed by atoms with Gasteiger partial charge in [-0.2, -0.15) is 0 Å². The summed E-state index contributed by atoms with van der Waals surface area (Å²) >= 11 is 7.00. The van der Waals surface area contributed by atoms with Crippen LogP contribution >= 0.6 is 11.6 Å². The van der Waals surface area contributed by atoms with Gasteiger partial charge in [-0.25, -0.2) is 4.79 Å². The largest absolute Gasteiger partial charge is 0.543 e. The first-order chi connectivity index (χ1) is 19.3. The van der Waals surface area contributed by atoms with Gasteiger partial charge in [-0.05, 0) is 79.9 Å². The monoisotopic (exact) mass is 648 g/mol. The van der Waals surface area contributed by atoms with E-state index >= 15 is 0 Å². The van der Waals surface area contributed by atoms with Gasteiger partial charge in [0.1, 0.15) is 22.8 Å². The quantitative estimate of drug-likeness (QED) is 0.213. The van der Waals surface area contributed by atoms with Crippen molar-refractivity contribution in [3.63, 3.8) is 0 Å². The van der Waals surface area contributed by atoms with Crippen LogP contribution in [0.2, 0.25) is 41.3 Å². The number of rotatable bonds is 9. The average Bonchev–Trinajstić information content (AvgIpc) is 2.85. The number of halogens is 1. The maximum absolute atomic E-state index is 12.8. The molecule has 0 spiro atoms. The van der Waals surface area contributed by atoms with Crippen LogP contribution in [0.5, 0.6) is 11.5 Å². The van der Waals surface area contributed by atoms with Crippen molar-refractivity contribution in [3.8, 4) is 11.5 Å². The molecule has 3 unspecified atom stereocenters. The first-order valence-electron chi connectivity index (χ1n) is 15.6. The molecule has 1 aromatic carbocycles. The van der Waals surface area contributed by atoms with Gasteiger partial charge in [0.05, 0.1) is 5.02 Å². The van der Waals surface area contributed by atoms with Crippen molar-refractivity contribution in [2.45, 2.75) is 132 Å². The topological polar surface area (TPSA) is 72.8 Å². The van der Waals surface area contributed by atoms with Gasteiger partial charge in [0, 0.05) is 17.9 Å². The summed E-state index contributed by atoms with van der Waals surface area (Å²) in [6.45, 7) is 31.7. The number of Topliss-reactive ketones (excluding diaryl/α,β-unsaturated/α-hetero) is 1. The van der Waals surface area contributed by atoms with Crippen molar-refractivity contribution in [2.75, 3.05) is 0 Å². The molecule has 1 saturated carbocycles. The maximum atomic E-state index is 12.8. The summed E-state index contributed by atoms with van der Waals surface area (Å²) in [5.41, 5.74) is 2.03. The summed E-state index contributed by atoms with van der Waals surface area (Å²) in [6, 6.07) is 0. The average molecular weight is 649 g/mol. The first-order valence-corrected chi connectivity index (χ1v) is 21.8. The zero-order valence-electron chi connectivity index (χ0n) is 29.5. The van der Waals surface area contributed by atoms with Gasteiger partial charge < -0.3 is 14.0 Å². The highest BCUT2D eigenvalue weighted by atomic mass is 35.5. The Balaban J connectivity index is 2.80. The first kappa shape index (κ1) is 37.4. The molecule has 1 fully saturated rings. The number of carboxylic acids is 1. The fraction of sp³-hybridized carbons (Fsp3) is 0.657. The summed E-state index contributed by atoms with van der Waals surface area (Å²) in [6.07, 6.45) is 8.32. The fourth-order valence-electron chi connectivity index (χ4n) is 4.93. The summed E-state index contributed by atoms with van der Waals surface area (Å²) in [5.74, 6) is 0.518. The maximum Gasteiger partial charge on any atom is 0.339 e. The summed E-state index contributed by atoms with van der Waals surface area (Å²) in [4.78, 5) is 25.3. The van der Waals surface area contributed by atoms with Gasteiger partial charge in [0.15, 0.2) is 0 Å². The van der Waals surface area contributed by atoms with E-state index in [4.69, 9.17) is 20.5 Å².